The zero-order valence-electron chi connectivity index (χ0n) is 10.2. The number of amides is 1. The number of benzene rings is 1. The third kappa shape index (κ3) is 2.87. The molecule has 1 aliphatic heterocycles. The first-order valence-corrected chi connectivity index (χ1v) is 7.35. The largest absolute Gasteiger partial charge is 0.374 e. The summed E-state index contributed by atoms with van der Waals surface area (Å²) in [6.45, 7) is 3.70. The molecule has 1 aromatic carbocycles. The average molecular weight is 333 g/mol. The SMILES string of the molecule is Cc1cccc(C(=O)N2CCOC(CBr)C2)c1Cl. The first-order valence-electron chi connectivity index (χ1n) is 5.85. The van der Waals surface area contributed by atoms with E-state index in [0.717, 1.165) is 10.9 Å². The minimum absolute atomic E-state index is 0.0158. The molecule has 1 unspecified atom stereocenters. The van der Waals surface area contributed by atoms with Crippen molar-refractivity contribution in [2.45, 2.75) is 13.0 Å². The van der Waals surface area contributed by atoms with Crippen molar-refractivity contribution >= 4 is 33.4 Å². The van der Waals surface area contributed by atoms with Crippen molar-refractivity contribution in [1.82, 2.24) is 4.90 Å². The van der Waals surface area contributed by atoms with Crippen LogP contribution >= 0.6 is 27.5 Å². The number of carbonyl (C=O) groups is 1. The van der Waals surface area contributed by atoms with Gasteiger partial charge in [-0.1, -0.05) is 39.7 Å². The number of ether oxygens (including phenoxy) is 1. The van der Waals surface area contributed by atoms with Crippen LogP contribution in [0.1, 0.15) is 15.9 Å². The highest BCUT2D eigenvalue weighted by atomic mass is 79.9. The quantitative estimate of drug-likeness (QED) is 0.779. The van der Waals surface area contributed by atoms with E-state index in [2.05, 4.69) is 15.9 Å². The van der Waals surface area contributed by atoms with Crippen LogP contribution in [0.15, 0.2) is 18.2 Å². The number of hydrogen-bond acceptors (Lipinski definition) is 2. The Kier molecular flexibility index (Phi) is 4.65. The number of nitrogens with zero attached hydrogens (tertiary/aromatic N) is 1. The summed E-state index contributed by atoms with van der Waals surface area (Å²) in [7, 11) is 0. The Hall–Kier alpha value is -0.580. The molecule has 0 aromatic heterocycles. The van der Waals surface area contributed by atoms with Crippen molar-refractivity contribution in [2.24, 2.45) is 0 Å². The highest BCUT2D eigenvalue weighted by Crippen LogP contribution is 2.22. The summed E-state index contributed by atoms with van der Waals surface area (Å²) < 4.78 is 5.52. The maximum atomic E-state index is 12.4. The summed E-state index contributed by atoms with van der Waals surface area (Å²) in [6.07, 6.45) is 0.0614. The van der Waals surface area contributed by atoms with Crippen LogP contribution in [0.25, 0.3) is 0 Å². The van der Waals surface area contributed by atoms with Crippen LogP contribution in [0.3, 0.4) is 0 Å². The van der Waals surface area contributed by atoms with E-state index in [-0.39, 0.29) is 12.0 Å². The molecular formula is C13H15BrClNO2. The number of alkyl halides is 1. The van der Waals surface area contributed by atoms with Crippen LogP contribution in [0, 0.1) is 6.92 Å². The third-order valence-corrected chi connectivity index (χ3v) is 4.24. The molecule has 98 valence electrons. The van der Waals surface area contributed by atoms with Gasteiger partial charge in [-0.2, -0.15) is 0 Å². The Labute approximate surface area is 120 Å². The lowest BCUT2D eigenvalue weighted by Crippen LogP contribution is -2.46. The van der Waals surface area contributed by atoms with E-state index in [1.165, 1.54) is 0 Å². The van der Waals surface area contributed by atoms with Gasteiger partial charge in [0.2, 0.25) is 0 Å². The van der Waals surface area contributed by atoms with Crippen molar-refractivity contribution < 1.29 is 9.53 Å². The van der Waals surface area contributed by atoms with E-state index in [4.69, 9.17) is 16.3 Å². The molecule has 0 aliphatic carbocycles. The molecule has 0 bridgehead atoms. The number of halogens is 2. The molecule has 1 amide bonds. The summed E-state index contributed by atoms with van der Waals surface area (Å²) in [4.78, 5) is 14.2. The lowest BCUT2D eigenvalue weighted by molar-refractivity contribution is -0.00964. The third-order valence-electron chi connectivity index (χ3n) is 3.02. The maximum absolute atomic E-state index is 12.4. The van der Waals surface area contributed by atoms with E-state index in [1.54, 1.807) is 11.0 Å². The van der Waals surface area contributed by atoms with E-state index in [1.807, 2.05) is 19.1 Å². The van der Waals surface area contributed by atoms with Gasteiger partial charge in [-0.3, -0.25) is 4.79 Å². The van der Waals surface area contributed by atoms with E-state index < -0.39 is 0 Å². The normalized spacial score (nSPS) is 19.9. The molecule has 1 aromatic rings. The fraction of sp³-hybridized carbons (Fsp3) is 0.462. The lowest BCUT2D eigenvalue weighted by atomic mass is 10.1. The Morgan fingerprint density at radius 3 is 3.11 bits per heavy atom. The second-order valence-corrected chi connectivity index (χ2v) is 5.36. The smallest absolute Gasteiger partial charge is 0.255 e. The average Bonchev–Trinajstić information content (AvgIpc) is 2.41. The van der Waals surface area contributed by atoms with Gasteiger partial charge in [0.05, 0.1) is 23.3 Å². The first-order chi connectivity index (χ1) is 8.63. The molecule has 3 nitrogen and oxygen atoms in total. The van der Waals surface area contributed by atoms with Crippen LogP contribution < -0.4 is 0 Å². The standard InChI is InChI=1S/C13H15BrClNO2/c1-9-3-2-4-11(12(9)15)13(17)16-5-6-18-10(7-14)8-16/h2-4,10H,5-8H2,1H3. The molecule has 1 fully saturated rings. The molecule has 0 saturated carbocycles. The fourth-order valence-corrected chi connectivity index (χ4v) is 2.58. The molecule has 1 heterocycles. The molecule has 0 radical (unpaired) electrons. The summed E-state index contributed by atoms with van der Waals surface area (Å²) in [5.41, 5.74) is 1.50. The van der Waals surface area contributed by atoms with Crippen LogP contribution in [0.2, 0.25) is 5.02 Å². The van der Waals surface area contributed by atoms with Gasteiger partial charge in [0, 0.05) is 18.4 Å². The van der Waals surface area contributed by atoms with Crippen LogP contribution in [-0.4, -0.2) is 41.9 Å². The van der Waals surface area contributed by atoms with Crippen LogP contribution in [0.4, 0.5) is 0 Å². The number of carbonyl (C=O) groups excluding carboxylic acids is 1. The second kappa shape index (κ2) is 6.04. The van der Waals surface area contributed by atoms with Gasteiger partial charge in [-0.15, -0.1) is 0 Å². The summed E-state index contributed by atoms with van der Waals surface area (Å²) in [5.74, 6) is -0.0158. The number of rotatable bonds is 2. The molecule has 0 N–H and O–H groups in total. The van der Waals surface area contributed by atoms with E-state index in [9.17, 15) is 4.79 Å². The molecular weight excluding hydrogens is 318 g/mol. The Bertz CT molecular complexity index is 453. The van der Waals surface area contributed by atoms with Crippen molar-refractivity contribution in [2.75, 3.05) is 25.0 Å². The summed E-state index contributed by atoms with van der Waals surface area (Å²) in [6, 6.07) is 5.53. The Balaban J connectivity index is 2.18. The Morgan fingerprint density at radius 1 is 1.61 bits per heavy atom. The molecule has 18 heavy (non-hydrogen) atoms. The highest BCUT2D eigenvalue weighted by Gasteiger charge is 2.25. The van der Waals surface area contributed by atoms with Crippen molar-refractivity contribution in [3.8, 4) is 0 Å². The topological polar surface area (TPSA) is 29.5 Å². The van der Waals surface area contributed by atoms with Crippen molar-refractivity contribution in [1.29, 1.82) is 0 Å². The van der Waals surface area contributed by atoms with Gasteiger partial charge in [0.25, 0.3) is 5.91 Å². The van der Waals surface area contributed by atoms with E-state index in [0.29, 0.717) is 30.3 Å². The maximum Gasteiger partial charge on any atom is 0.255 e. The van der Waals surface area contributed by atoms with Crippen LogP contribution in [0.5, 0.6) is 0 Å². The van der Waals surface area contributed by atoms with Gasteiger partial charge in [0.1, 0.15) is 0 Å². The first kappa shape index (κ1) is 13.8. The molecule has 1 aliphatic rings. The Morgan fingerprint density at radius 2 is 2.39 bits per heavy atom. The zero-order valence-corrected chi connectivity index (χ0v) is 12.5. The highest BCUT2D eigenvalue weighted by molar-refractivity contribution is 9.09. The number of aryl methyl sites for hydroxylation is 1. The predicted molar refractivity (Wildman–Crippen MR) is 75.6 cm³/mol. The summed E-state index contributed by atoms with van der Waals surface area (Å²) in [5, 5.41) is 1.28. The lowest BCUT2D eigenvalue weighted by Gasteiger charge is -2.32. The summed E-state index contributed by atoms with van der Waals surface area (Å²) >= 11 is 9.57. The molecule has 0 spiro atoms. The van der Waals surface area contributed by atoms with Crippen LogP contribution in [-0.2, 0) is 4.74 Å². The number of hydrogen-bond donors (Lipinski definition) is 0. The molecule has 2 rings (SSSR count). The predicted octanol–water partition coefficient (Wildman–Crippen LogP) is 2.88. The van der Waals surface area contributed by atoms with Gasteiger partial charge < -0.3 is 9.64 Å². The molecule has 5 heteroatoms. The monoisotopic (exact) mass is 331 g/mol. The minimum atomic E-state index is -0.0158. The van der Waals surface area contributed by atoms with E-state index >= 15 is 0 Å². The van der Waals surface area contributed by atoms with Gasteiger partial charge in [0.15, 0.2) is 0 Å². The van der Waals surface area contributed by atoms with Crippen molar-refractivity contribution in [3.63, 3.8) is 0 Å². The zero-order chi connectivity index (χ0) is 13.1. The molecule has 1 saturated heterocycles. The molecule has 1 atom stereocenters. The minimum Gasteiger partial charge on any atom is -0.374 e. The number of morpholine rings is 1. The van der Waals surface area contributed by atoms with Gasteiger partial charge in [-0.05, 0) is 18.6 Å². The van der Waals surface area contributed by atoms with Crippen molar-refractivity contribution in [3.05, 3.63) is 34.3 Å². The van der Waals surface area contributed by atoms with Gasteiger partial charge >= 0.3 is 0 Å². The fourth-order valence-electron chi connectivity index (χ4n) is 1.98. The van der Waals surface area contributed by atoms with Gasteiger partial charge in [-0.25, -0.2) is 0 Å². The second-order valence-electron chi connectivity index (χ2n) is 4.33.